The van der Waals surface area contributed by atoms with Crippen LogP contribution in [0.5, 0.6) is 0 Å². The van der Waals surface area contributed by atoms with Crippen LogP contribution in [-0.2, 0) is 11.4 Å². The molecule has 0 amide bonds. The Bertz CT molecular complexity index is 1030. The maximum Gasteiger partial charge on any atom is 0.326 e. The Morgan fingerprint density at radius 1 is 1.24 bits per heavy atom. The highest BCUT2D eigenvalue weighted by Gasteiger charge is 2.24. The van der Waals surface area contributed by atoms with Gasteiger partial charge in [-0.15, -0.1) is 5.48 Å². The third-order valence-electron chi connectivity index (χ3n) is 4.61. The summed E-state index contributed by atoms with van der Waals surface area (Å²) in [5, 5.41) is 0. The van der Waals surface area contributed by atoms with Gasteiger partial charge in [0.2, 0.25) is 0 Å². The minimum atomic E-state index is -0.165. The SMILES string of the molecule is CC1=C(c2cc(N)c3[nH]c(=O)n(Cc4ccccc4)c3c2)C(C)NO1. The molecule has 1 aromatic heterocycles. The van der Waals surface area contributed by atoms with Gasteiger partial charge in [-0.25, -0.2) is 4.79 Å². The van der Waals surface area contributed by atoms with Gasteiger partial charge < -0.3 is 15.6 Å². The largest absolute Gasteiger partial charge is 0.413 e. The molecule has 128 valence electrons. The van der Waals surface area contributed by atoms with Gasteiger partial charge in [-0.05, 0) is 37.1 Å². The molecular weight excluding hydrogens is 316 g/mol. The van der Waals surface area contributed by atoms with E-state index in [0.29, 0.717) is 17.7 Å². The van der Waals surface area contributed by atoms with E-state index in [1.165, 1.54) is 0 Å². The second-order valence-corrected chi connectivity index (χ2v) is 6.37. The molecule has 0 saturated carbocycles. The van der Waals surface area contributed by atoms with Crippen LogP contribution >= 0.6 is 0 Å². The highest BCUT2D eigenvalue weighted by atomic mass is 16.7. The maximum atomic E-state index is 12.5. The molecular formula is C19H20N4O2. The summed E-state index contributed by atoms with van der Waals surface area (Å²) < 4.78 is 1.72. The lowest BCUT2D eigenvalue weighted by atomic mass is 9.98. The van der Waals surface area contributed by atoms with Gasteiger partial charge in [0, 0.05) is 5.57 Å². The predicted molar refractivity (Wildman–Crippen MR) is 98.8 cm³/mol. The summed E-state index contributed by atoms with van der Waals surface area (Å²) >= 11 is 0. The van der Waals surface area contributed by atoms with Gasteiger partial charge in [-0.1, -0.05) is 30.3 Å². The normalized spacial score (nSPS) is 17.3. The first-order valence-corrected chi connectivity index (χ1v) is 8.24. The minimum absolute atomic E-state index is 0.0603. The second-order valence-electron chi connectivity index (χ2n) is 6.37. The predicted octanol–water partition coefficient (Wildman–Crippen LogP) is 2.61. The Labute approximate surface area is 144 Å². The van der Waals surface area contributed by atoms with Gasteiger partial charge in [0.05, 0.1) is 29.3 Å². The number of hydrogen-bond acceptors (Lipinski definition) is 4. The lowest BCUT2D eigenvalue weighted by Gasteiger charge is -2.10. The molecule has 6 nitrogen and oxygen atoms in total. The topological polar surface area (TPSA) is 85.1 Å². The first kappa shape index (κ1) is 15.5. The number of allylic oxidation sites excluding steroid dienone is 1. The highest BCUT2D eigenvalue weighted by Crippen LogP contribution is 2.32. The minimum Gasteiger partial charge on any atom is -0.413 e. The standard InChI is InChI=1S/C19H20N4O2/c1-11-17(12(2)25-22-11)14-8-15(20)18-16(9-14)23(19(24)21-18)10-13-6-4-3-5-7-13/h3-9,11,22H,10,20H2,1-2H3,(H,21,24). The Kier molecular flexibility index (Phi) is 3.62. The van der Waals surface area contributed by atoms with Crippen LogP contribution in [0.15, 0.2) is 53.0 Å². The molecule has 1 atom stereocenters. The zero-order valence-corrected chi connectivity index (χ0v) is 14.2. The number of aromatic amines is 1. The molecule has 1 aliphatic rings. The molecule has 0 radical (unpaired) electrons. The molecule has 0 aliphatic carbocycles. The van der Waals surface area contributed by atoms with Crippen molar-refractivity contribution in [1.82, 2.24) is 15.0 Å². The number of aromatic nitrogens is 2. The smallest absolute Gasteiger partial charge is 0.326 e. The zero-order valence-electron chi connectivity index (χ0n) is 14.2. The molecule has 1 unspecified atom stereocenters. The van der Waals surface area contributed by atoms with Crippen LogP contribution in [0.25, 0.3) is 16.6 Å². The molecule has 25 heavy (non-hydrogen) atoms. The van der Waals surface area contributed by atoms with Crippen LogP contribution in [0.1, 0.15) is 25.0 Å². The van der Waals surface area contributed by atoms with Crippen molar-refractivity contribution in [2.75, 3.05) is 5.73 Å². The number of hydroxylamine groups is 1. The number of H-pyrrole nitrogens is 1. The van der Waals surface area contributed by atoms with E-state index >= 15 is 0 Å². The van der Waals surface area contributed by atoms with E-state index in [1.54, 1.807) is 4.57 Å². The summed E-state index contributed by atoms with van der Waals surface area (Å²) in [6.07, 6.45) is 0. The molecule has 0 saturated heterocycles. The third-order valence-corrected chi connectivity index (χ3v) is 4.61. The lowest BCUT2D eigenvalue weighted by Crippen LogP contribution is -2.19. The van der Waals surface area contributed by atoms with Crippen LogP contribution in [0.4, 0.5) is 5.69 Å². The summed E-state index contributed by atoms with van der Waals surface area (Å²) in [6.45, 7) is 4.44. The average molecular weight is 336 g/mol. The van der Waals surface area contributed by atoms with E-state index in [2.05, 4.69) is 10.5 Å². The fourth-order valence-corrected chi connectivity index (χ4v) is 3.41. The second kappa shape index (κ2) is 5.82. The number of nitrogens with one attached hydrogen (secondary N) is 2. The molecule has 0 bridgehead atoms. The number of rotatable bonds is 3. The number of fused-ring (bicyclic) bond motifs is 1. The zero-order chi connectivity index (χ0) is 17.6. The Balaban J connectivity index is 1.89. The quantitative estimate of drug-likeness (QED) is 0.642. The van der Waals surface area contributed by atoms with Gasteiger partial charge in [0.1, 0.15) is 5.76 Å². The van der Waals surface area contributed by atoms with Gasteiger partial charge in [-0.3, -0.25) is 4.57 Å². The van der Waals surface area contributed by atoms with E-state index in [-0.39, 0.29) is 11.7 Å². The van der Waals surface area contributed by atoms with E-state index < -0.39 is 0 Å². The Hall–Kier alpha value is -2.99. The first-order chi connectivity index (χ1) is 12.0. The fraction of sp³-hybridized carbons (Fsp3) is 0.211. The summed E-state index contributed by atoms with van der Waals surface area (Å²) in [6, 6.07) is 13.8. The molecule has 6 heteroatoms. The number of benzene rings is 2. The summed E-state index contributed by atoms with van der Waals surface area (Å²) in [5.74, 6) is 0.818. The lowest BCUT2D eigenvalue weighted by molar-refractivity contribution is 0.122. The average Bonchev–Trinajstić information content (AvgIpc) is 3.09. The van der Waals surface area contributed by atoms with Crippen molar-refractivity contribution in [2.45, 2.75) is 26.4 Å². The first-order valence-electron chi connectivity index (χ1n) is 8.24. The number of nitrogens with two attached hydrogens (primary N) is 1. The van der Waals surface area contributed by atoms with Gasteiger partial charge in [0.15, 0.2) is 0 Å². The van der Waals surface area contributed by atoms with Crippen LogP contribution in [0, 0.1) is 0 Å². The van der Waals surface area contributed by atoms with Crippen molar-refractivity contribution in [3.63, 3.8) is 0 Å². The Morgan fingerprint density at radius 3 is 2.68 bits per heavy atom. The van der Waals surface area contributed by atoms with Gasteiger partial charge >= 0.3 is 5.69 Å². The molecule has 2 heterocycles. The highest BCUT2D eigenvalue weighted by molar-refractivity contribution is 5.92. The van der Waals surface area contributed by atoms with E-state index in [0.717, 1.165) is 28.0 Å². The van der Waals surface area contributed by atoms with Crippen molar-refractivity contribution in [2.24, 2.45) is 0 Å². The van der Waals surface area contributed by atoms with Crippen molar-refractivity contribution in [3.8, 4) is 0 Å². The number of imidazole rings is 1. The van der Waals surface area contributed by atoms with Gasteiger partial charge in [0.25, 0.3) is 0 Å². The van der Waals surface area contributed by atoms with E-state index in [1.807, 2.05) is 56.3 Å². The van der Waals surface area contributed by atoms with Crippen molar-refractivity contribution in [1.29, 1.82) is 0 Å². The molecule has 1 aliphatic heterocycles. The number of nitrogens with zero attached hydrogens (tertiary/aromatic N) is 1. The van der Waals surface area contributed by atoms with E-state index in [4.69, 9.17) is 10.6 Å². The molecule has 0 spiro atoms. The van der Waals surface area contributed by atoms with E-state index in [9.17, 15) is 4.79 Å². The van der Waals surface area contributed by atoms with Crippen LogP contribution < -0.4 is 16.9 Å². The van der Waals surface area contributed by atoms with Crippen LogP contribution in [0.3, 0.4) is 0 Å². The summed E-state index contributed by atoms with van der Waals surface area (Å²) in [4.78, 5) is 20.8. The number of anilines is 1. The summed E-state index contributed by atoms with van der Waals surface area (Å²) in [7, 11) is 0. The molecule has 0 fully saturated rings. The number of hydrogen-bond donors (Lipinski definition) is 3. The summed E-state index contributed by atoms with van der Waals surface area (Å²) in [5.41, 5.74) is 14.1. The van der Waals surface area contributed by atoms with Crippen LogP contribution in [-0.4, -0.2) is 15.6 Å². The fourth-order valence-electron chi connectivity index (χ4n) is 3.41. The Morgan fingerprint density at radius 2 is 2.00 bits per heavy atom. The van der Waals surface area contributed by atoms with Crippen molar-refractivity contribution in [3.05, 3.63) is 69.8 Å². The van der Waals surface area contributed by atoms with Crippen molar-refractivity contribution < 1.29 is 4.84 Å². The van der Waals surface area contributed by atoms with Gasteiger partial charge in [-0.2, -0.15) is 0 Å². The molecule has 4 rings (SSSR count). The molecule has 2 aromatic carbocycles. The maximum absolute atomic E-state index is 12.5. The third kappa shape index (κ3) is 2.60. The molecule has 4 N–H and O–H groups in total. The monoisotopic (exact) mass is 336 g/mol. The molecule has 3 aromatic rings. The van der Waals surface area contributed by atoms with Crippen molar-refractivity contribution >= 4 is 22.3 Å². The number of nitrogen functional groups attached to an aromatic ring is 1. The van der Waals surface area contributed by atoms with Crippen LogP contribution in [0.2, 0.25) is 0 Å².